The lowest BCUT2D eigenvalue weighted by Gasteiger charge is -2.05. The third-order valence-electron chi connectivity index (χ3n) is 1.91. The summed E-state index contributed by atoms with van der Waals surface area (Å²) in [5.41, 5.74) is 1.39. The van der Waals surface area contributed by atoms with Gasteiger partial charge in [-0.2, -0.15) is 0 Å². The summed E-state index contributed by atoms with van der Waals surface area (Å²) in [7, 11) is 0. The molecule has 4 heteroatoms. The van der Waals surface area contributed by atoms with Crippen molar-refractivity contribution in [1.82, 2.24) is 10.3 Å². The largest absolute Gasteiger partial charge is 0.385 e. The van der Waals surface area contributed by atoms with E-state index in [1.165, 1.54) is 0 Å². The van der Waals surface area contributed by atoms with Crippen LogP contribution in [0.15, 0.2) is 18.3 Å². The molecule has 0 bridgehead atoms. The predicted molar refractivity (Wildman–Crippen MR) is 61.0 cm³/mol. The SMILES string of the molecule is CCCNC(=O)c1cc(NCC)ccn1. The van der Waals surface area contributed by atoms with Crippen LogP contribution >= 0.6 is 0 Å². The number of nitrogens with one attached hydrogen (secondary N) is 2. The highest BCUT2D eigenvalue weighted by molar-refractivity contribution is 5.93. The summed E-state index contributed by atoms with van der Waals surface area (Å²) in [6, 6.07) is 3.61. The number of carbonyl (C=O) groups excluding carboxylic acids is 1. The maximum Gasteiger partial charge on any atom is 0.269 e. The minimum atomic E-state index is -0.114. The van der Waals surface area contributed by atoms with Crippen LogP contribution in [0.5, 0.6) is 0 Å². The van der Waals surface area contributed by atoms with Crippen LogP contribution < -0.4 is 10.6 Å². The second-order valence-electron chi connectivity index (χ2n) is 3.22. The summed E-state index contributed by atoms with van der Waals surface area (Å²) in [5.74, 6) is -0.114. The van der Waals surface area contributed by atoms with Crippen molar-refractivity contribution < 1.29 is 4.79 Å². The van der Waals surface area contributed by atoms with Crippen molar-refractivity contribution in [3.8, 4) is 0 Å². The molecule has 0 aliphatic heterocycles. The Kier molecular flexibility index (Phi) is 4.60. The fourth-order valence-electron chi connectivity index (χ4n) is 1.20. The van der Waals surface area contributed by atoms with Crippen LogP contribution in [0, 0.1) is 0 Å². The molecule has 1 rings (SSSR count). The predicted octanol–water partition coefficient (Wildman–Crippen LogP) is 1.65. The first kappa shape index (κ1) is 11.5. The van der Waals surface area contributed by atoms with Gasteiger partial charge in [-0.05, 0) is 25.5 Å². The fraction of sp³-hybridized carbons (Fsp3) is 0.455. The second kappa shape index (κ2) is 6.01. The minimum Gasteiger partial charge on any atom is -0.385 e. The molecule has 1 aromatic heterocycles. The number of rotatable bonds is 5. The third-order valence-corrected chi connectivity index (χ3v) is 1.91. The number of nitrogens with zero attached hydrogens (tertiary/aromatic N) is 1. The fourth-order valence-corrected chi connectivity index (χ4v) is 1.20. The van der Waals surface area contributed by atoms with Gasteiger partial charge in [-0.25, -0.2) is 0 Å². The van der Waals surface area contributed by atoms with E-state index in [1.54, 1.807) is 12.3 Å². The molecule has 15 heavy (non-hydrogen) atoms. The van der Waals surface area contributed by atoms with Gasteiger partial charge in [0.2, 0.25) is 0 Å². The maximum atomic E-state index is 11.6. The Bertz CT molecular complexity index is 325. The summed E-state index contributed by atoms with van der Waals surface area (Å²) in [6.07, 6.45) is 2.57. The molecule has 4 nitrogen and oxygen atoms in total. The Hall–Kier alpha value is -1.58. The van der Waals surface area contributed by atoms with Gasteiger partial charge >= 0.3 is 0 Å². The van der Waals surface area contributed by atoms with Gasteiger partial charge in [0, 0.05) is 25.0 Å². The molecule has 82 valence electrons. The average Bonchev–Trinajstić information content (AvgIpc) is 2.27. The monoisotopic (exact) mass is 207 g/mol. The number of carbonyl (C=O) groups is 1. The molecule has 0 radical (unpaired) electrons. The van der Waals surface area contributed by atoms with Gasteiger partial charge in [0.15, 0.2) is 0 Å². The molecule has 0 aromatic carbocycles. The van der Waals surface area contributed by atoms with Crippen LogP contribution in [0.2, 0.25) is 0 Å². The van der Waals surface area contributed by atoms with E-state index in [4.69, 9.17) is 0 Å². The zero-order valence-electron chi connectivity index (χ0n) is 9.21. The Labute approximate surface area is 90.1 Å². The normalized spacial score (nSPS) is 9.73. The van der Waals surface area contributed by atoms with Crippen LogP contribution in [0.4, 0.5) is 5.69 Å². The van der Waals surface area contributed by atoms with E-state index in [1.807, 2.05) is 19.9 Å². The van der Waals surface area contributed by atoms with E-state index in [-0.39, 0.29) is 5.91 Å². The summed E-state index contributed by atoms with van der Waals surface area (Å²) >= 11 is 0. The Morgan fingerprint density at radius 3 is 2.93 bits per heavy atom. The van der Waals surface area contributed by atoms with Gasteiger partial charge in [0.25, 0.3) is 5.91 Å². The van der Waals surface area contributed by atoms with E-state index < -0.39 is 0 Å². The zero-order valence-corrected chi connectivity index (χ0v) is 9.21. The summed E-state index contributed by atoms with van der Waals surface area (Å²) in [4.78, 5) is 15.6. The number of hydrogen-bond donors (Lipinski definition) is 2. The lowest BCUT2D eigenvalue weighted by atomic mass is 10.3. The summed E-state index contributed by atoms with van der Waals surface area (Å²) < 4.78 is 0. The van der Waals surface area contributed by atoms with Gasteiger partial charge in [-0.1, -0.05) is 6.92 Å². The van der Waals surface area contributed by atoms with Crippen molar-refractivity contribution in [2.75, 3.05) is 18.4 Å². The summed E-state index contributed by atoms with van der Waals surface area (Å²) in [6.45, 7) is 5.55. The van der Waals surface area contributed by atoms with E-state index >= 15 is 0 Å². The first-order valence-electron chi connectivity index (χ1n) is 5.26. The molecule has 0 spiro atoms. The van der Waals surface area contributed by atoms with Gasteiger partial charge in [-0.15, -0.1) is 0 Å². The van der Waals surface area contributed by atoms with Gasteiger partial charge in [0.1, 0.15) is 5.69 Å². The highest BCUT2D eigenvalue weighted by atomic mass is 16.1. The number of amides is 1. The van der Waals surface area contributed by atoms with E-state index in [2.05, 4.69) is 15.6 Å². The first-order chi connectivity index (χ1) is 7.27. The van der Waals surface area contributed by atoms with Crippen LogP contribution in [0.3, 0.4) is 0 Å². The summed E-state index contributed by atoms with van der Waals surface area (Å²) in [5, 5.41) is 5.93. The van der Waals surface area contributed by atoms with Crippen molar-refractivity contribution >= 4 is 11.6 Å². The van der Waals surface area contributed by atoms with Crippen molar-refractivity contribution in [2.45, 2.75) is 20.3 Å². The molecule has 0 saturated carbocycles. The van der Waals surface area contributed by atoms with Crippen molar-refractivity contribution in [3.63, 3.8) is 0 Å². The van der Waals surface area contributed by atoms with E-state index in [0.717, 1.165) is 18.7 Å². The molecule has 0 saturated heterocycles. The van der Waals surface area contributed by atoms with Crippen molar-refractivity contribution in [3.05, 3.63) is 24.0 Å². The molecule has 0 aliphatic rings. The molecule has 1 aromatic rings. The number of anilines is 1. The molecule has 0 aliphatic carbocycles. The molecular weight excluding hydrogens is 190 g/mol. The standard InChI is InChI=1S/C11H17N3O/c1-3-6-14-11(15)10-8-9(12-4-2)5-7-13-10/h5,7-8H,3-4,6H2,1-2H3,(H,12,13)(H,14,15). The van der Waals surface area contributed by atoms with E-state index in [9.17, 15) is 4.79 Å². The lowest BCUT2D eigenvalue weighted by Crippen LogP contribution is -2.24. The van der Waals surface area contributed by atoms with Crippen molar-refractivity contribution in [1.29, 1.82) is 0 Å². The third kappa shape index (κ3) is 3.58. The Morgan fingerprint density at radius 1 is 1.47 bits per heavy atom. The Morgan fingerprint density at radius 2 is 2.27 bits per heavy atom. The van der Waals surface area contributed by atoms with Gasteiger partial charge < -0.3 is 10.6 Å². The highest BCUT2D eigenvalue weighted by Crippen LogP contribution is 2.07. The Balaban J connectivity index is 2.67. The number of pyridine rings is 1. The quantitative estimate of drug-likeness (QED) is 0.772. The second-order valence-corrected chi connectivity index (χ2v) is 3.22. The van der Waals surface area contributed by atoms with Crippen molar-refractivity contribution in [2.24, 2.45) is 0 Å². The van der Waals surface area contributed by atoms with Crippen LogP contribution in [0.1, 0.15) is 30.8 Å². The van der Waals surface area contributed by atoms with Crippen LogP contribution in [0.25, 0.3) is 0 Å². The number of hydrogen-bond acceptors (Lipinski definition) is 3. The molecular formula is C11H17N3O. The van der Waals surface area contributed by atoms with Gasteiger partial charge in [0.05, 0.1) is 0 Å². The minimum absolute atomic E-state index is 0.114. The molecule has 1 heterocycles. The molecule has 1 amide bonds. The zero-order chi connectivity index (χ0) is 11.1. The molecule has 0 fully saturated rings. The lowest BCUT2D eigenvalue weighted by molar-refractivity contribution is 0.0949. The topological polar surface area (TPSA) is 54.0 Å². The average molecular weight is 207 g/mol. The smallest absolute Gasteiger partial charge is 0.269 e. The molecule has 0 unspecified atom stereocenters. The van der Waals surface area contributed by atoms with Gasteiger partial charge in [-0.3, -0.25) is 9.78 Å². The first-order valence-corrected chi connectivity index (χ1v) is 5.26. The highest BCUT2D eigenvalue weighted by Gasteiger charge is 2.05. The number of aromatic nitrogens is 1. The van der Waals surface area contributed by atoms with Crippen LogP contribution in [-0.4, -0.2) is 24.0 Å². The molecule has 2 N–H and O–H groups in total. The molecule has 0 atom stereocenters. The van der Waals surface area contributed by atoms with Crippen LogP contribution in [-0.2, 0) is 0 Å². The maximum absolute atomic E-state index is 11.6. The van der Waals surface area contributed by atoms with E-state index in [0.29, 0.717) is 12.2 Å².